The molecule has 2 unspecified atom stereocenters. The van der Waals surface area contributed by atoms with Crippen molar-refractivity contribution in [2.75, 3.05) is 16.9 Å². The van der Waals surface area contributed by atoms with Gasteiger partial charge in [0.15, 0.2) is 0 Å². The number of carbonyl (C=O) groups excluding carboxylic acids is 2. The summed E-state index contributed by atoms with van der Waals surface area (Å²) in [5, 5.41) is 13.3. The average molecular weight is 845 g/mol. The number of hydrazone groups is 1. The maximum atomic E-state index is 14.3. The maximum Gasteiger partial charge on any atom is 0.259 e. The quantitative estimate of drug-likeness (QED) is 0.0501. The first kappa shape index (κ1) is 45.8. The Kier molecular flexibility index (Phi) is 22.1. The van der Waals surface area contributed by atoms with Crippen LogP contribution in [0, 0.1) is 11.8 Å². The topological polar surface area (TPSA) is 73.8 Å². The van der Waals surface area contributed by atoms with E-state index in [4.69, 9.17) is 63.7 Å². The largest absolute Gasteiger partial charge is 0.352 e. The molecule has 2 amide bonds. The van der Waals surface area contributed by atoms with Gasteiger partial charge in [0, 0.05) is 27.2 Å². The van der Waals surface area contributed by atoms with Crippen molar-refractivity contribution in [1.82, 2.24) is 5.32 Å². The molecule has 294 valence electrons. The molecule has 6 nitrogen and oxygen atoms in total. The average Bonchev–Trinajstić information content (AvgIpc) is 3.42. The van der Waals surface area contributed by atoms with E-state index in [1.54, 1.807) is 18.2 Å². The van der Waals surface area contributed by atoms with E-state index in [1.807, 2.05) is 0 Å². The van der Waals surface area contributed by atoms with Gasteiger partial charge in [-0.2, -0.15) is 10.1 Å². The third-order valence-corrected chi connectivity index (χ3v) is 11.6. The molecule has 2 aromatic carbocycles. The van der Waals surface area contributed by atoms with Gasteiger partial charge in [-0.25, -0.2) is 0 Å². The van der Waals surface area contributed by atoms with Crippen molar-refractivity contribution in [1.29, 1.82) is 0 Å². The molecule has 2 N–H and O–H groups in total. The van der Waals surface area contributed by atoms with Gasteiger partial charge in [-0.05, 0) is 43.2 Å². The Morgan fingerprint density at radius 1 is 0.774 bits per heavy atom. The number of rotatable bonds is 26. The van der Waals surface area contributed by atoms with Gasteiger partial charge in [0.2, 0.25) is 0 Å². The zero-order valence-corrected chi connectivity index (χ0v) is 36.2. The van der Waals surface area contributed by atoms with E-state index < -0.39 is 11.8 Å². The number of nitrogens with one attached hydrogen (secondary N) is 2. The van der Waals surface area contributed by atoms with Crippen LogP contribution in [0.25, 0.3) is 0 Å². The minimum Gasteiger partial charge on any atom is -0.352 e. The van der Waals surface area contributed by atoms with Crippen LogP contribution in [0.1, 0.15) is 153 Å². The smallest absolute Gasteiger partial charge is 0.259 e. The molecular formula is C41H58Cl4N4O2S2. The van der Waals surface area contributed by atoms with Gasteiger partial charge >= 0.3 is 0 Å². The summed E-state index contributed by atoms with van der Waals surface area (Å²) in [5.41, 5.74) is 1.11. The van der Waals surface area contributed by atoms with Crippen molar-refractivity contribution in [3.05, 3.63) is 56.0 Å². The van der Waals surface area contributed by atoms with Crippen LogP contribution >= 0.6 is 71.3 Å². The van der Waals surface area contributed by atoms with Gasteiger partial charge < -0.3 is 10.6 Å². The van der Waals surface area contributed by atoms with E-state index >= 15 is 0 Å². The van der Waals surface area contributed by atoms with Gasteiger partial charge in [0.1, 0.15) is 17.4 Å². The molecule has 0 saturated heterocycles. The molecule has 0 fully saturated rings. The van der Waals surface area contributed by atoms with Crippen LogP contribution in [0.5, 0.6) is 0 Å². The number of unbranched alkanes of at least 4 members (excludes halogenated alkanes) is 17. The number of hydrogen-bond acceptors (Lipinski definition) is 5. The van der Waals surface area contributed by atoms with Gasteiger partial charge in [0.05, 0.1) is 20.8 Å². The fraction of sp³-hybridized carbons (Fsp3) is 0.610. The number of amidine groups is 1. The Labute approximate surface area is 349 Å². The summed E-state index contributed by atoms with van der Waals surface area (Å²) in [6.07, 6.45) is 23.5. The number of benzene rings is 2. The lowest BCUT2D eigenvalue weighted by molar-refractivity contribution is -0.120. The summed E-state index contributed by atoms with van der Waals surface area (Å²) in [6.45, 7) is 5.07. The van der Waals surface area contributed by atoms with Crippen molar-refractivity contribution >= 4 is 104 Å². The normalized spacial score (nSPS) is 14.8. The number of thiocarbonyl (C=S) groups is 1. The molecule has 0 spiro atoms. The molecule has 0 aliphatic carbocycles. The van der Waals surface area contributed by atoms with Crippen LogP contribution in [-0.4, -0.2) is 28.4 Å². The van der Waals surface area contributed by atoms with E-state index in [2.05, 4.69) is 37.1 Å². The Morgan fingerprint density at radius 2 is 1.28 bits per heavy atom. The summed E-state index contributed by atoms with van der Waals surface area (Å²) < 4.78 is 0.416. The van der Waals surface area contributed by atoms with Crippen LogP contribution in [0.15, 0.2) is 35.4 Å². The molecule has 0 saturated carbocycles. The van der Waals surface area contributed by atoms with E-state index in [9.17, 15) is 9.59 Å². The summed E-state index contributed by atoms with van der Waals surface area (Å²) >= 11 is 36.3. The van der Waals surface area contributed by atoms with E-state index in [0.717, 1.165) is 32.1 Å². The molecule has 0 aromatic heterocycles. The zero-order chi connectivity index (χ0) is 38.6. The number of anilines is 2. The first-order chi connectivity index (χ1) is 25.6. The Hall–Kier alpha value is -1.55. The van der Waals surface area contributed by atoms with E-state index in [-0.39, 0.29) is 27.5 Å². The lowest BCUT2D eigenvalue weighted by Crippen LogP contribution is -2.37. The van der Waals surface area contributed by atoms with Crippen molar-refractivity contribution < 1.29 is 9.59 Å². The highest BCUT2D eigenvalue weighted by Gasteiger charge is 2.44. The van der Waals surface area contributed by atoms with Crippen molar-refractivity contribution in [2.24, 2.45) is 16.9 Å². The maximum absolute atomic E-state index is 14.3. The molecule has 12 heteroatoms. The second-order valence-corrected chi connectivity index (χ2v) is 17.0. The third kappa shape index (κ3) is 15.5. The van der Waals surface area contributed by atoms with Crippen LogP contribution < -0.4 is 15.6 Å². The second kappa shape index (κ2) is 25.6. The fourth-order valence-corrected chi connectivity index (χ4v) is 8.43. The molecule has 3 rings (SSSR count). The number of hydrogen-bond donors (Lipinski definition) is 3. The van der Waals surface area contributed by atoms with Gasteiger partial charge in [-0.3, -0.25) is 9.59 Å². The zero-order valence-electron chi connectivity index (χ0n) is 31.5. The SMILES string of the molecule is CCCCCCCCCCCCNC(=O)c1ccc(Cl)c(NC2=NN(c3c(Cl)cc(Cl)cc3Cl)C(=O)C2C(CCCCCCCCCCC)C(=S)S)c1. The minimum atomic E-state index is -0.804. The van der Waals surface area contributed by atoms with Crippen molar-refractivity contribution in [3.8, 4) is 0 Å². The summed E-state index contributed by atoms with van der Waals surface area (Å²) in [7, 11) is 0. The van der Waals surface area contributed by atoms with Crippen molar-refractivity contribution in [3.63, 3.8) is 0 Å². The summed E-state index contributed by atoms with van der Waals surface area (Å²) in [6, 6.07) is 8.07. The summed E-state index contributed by atoms with van der Waals surface area (Å²) in [4.78, 5) is 27.5. The Bertz CT molecular complexity index is 1490. The molecule has 0 radical (unpaired) electrons. The highest BCUT2D eigenvalue weighted by atomic mass is 35.5. The monoisotopic (exact) mass is 842 g/mol. The predicted molar refractivity (Wildman–Crippen MR) is 236 cm³/mol. The minimum absolute atomic E-state index is 0.183. The molecule has 1 aliphatic heterocycles. The van der Waals surface area contributed by atoms with Gasteiger partial charge in [-0.15, -0.1) is 12.6 Å². The first-order valence-corrected chi connectivity index (χ1v) is 22.1. The molecule has 53 heavy (non-hydrogen) atoms. The van der Waals surface area contributed by atoms with E-state index in [1.165, 1.54) is 107 Å². The highest BCUT2D eigenvalue weighted by molar-refractivity contribution is 8.11. The van der Waals surface area contributed by atoms with Crippen LogP contribution in [0.3, 0.4) is 0 Å². The Balaban J connectivity index is 1.71. The van der Waals surface area contributed by atoms with Gasteiger partial charge in [-0.1, -0.05) is 188 Å². The number of thiol groups is 1. The highest BCUT2D eigenvalue weighted by Crippen LogP contribution is 2.41. The number of halogens is 4. The Morgan fingerprint density at radius 3 is 1.81 bits per heavy atom. The number of amides is 2. The molecule has 0 bridgehead atoms. The van der Waals surface area contributed by atoms with Crippen molar-refractivity contribution in [2.45, 2.75) is 142 Å². The molecule has 1 heterocycles. The number of carbonyl (C=O) groups is 2. The second-order valence-electron chi connectivity index (χ2n) is 14.2. The predicted octanol–water partition coefficient (Wildman–Crippen LogP) is 14.1. The molecule has 1 aliphatic rings. The fourth-order valence-electron chi connectivity index (χ4n) is 6.75. The molecular weight excluding hydrogens is 786 g/mol. The lowest BCUT2D eigenvalue weighted by atomic mass is 9.87. The molecule has 2 aromatic rings. The van der Waals surface area contributed by atoms with Gasteiger partial charge in [0.25, 0.3) is 11.8 Å². The van der Waals surface area contributed by atoms with Crippen LogP contribution in [-0.2, 0) is 4.79 Å². The standard InChI is InChI=1S/C41H58Cl4N4O2S2/c1-3-5-7-9-11-13-15-17-19-21-25-46-39(50)29-23-24-32(43)35(26-29)47-38-36(31(41(52)53)22-20-18-16-14-12-10-8-6-4-2)40(51)49(48-38)37-33(44)27-30(42)28-34(37)45/h23-24,26-28,31,36H,3-22,25H2,1-2H3,(H,46,50)(H,47,48)(H,52,53). The molecule has 2 atom stereocenters. The first-order valence-electron chi connectivity index (χ1n) is 19.7. The van der Waals surface area contributed by atoms with Crippen LogP contribution in [0.2, 0.25) is 20.1 Å². The van der Waals surface area contributed by atoms with Crippen LogP contribution in [0.4, 0.5) is 11.4 Å². The number of nitrogens with zero attached hydrogens (tertiary/aromatic N) is 2. The summed E-state index contributed by atoms with van der Waals surface area (Å²) in [5.74, 6) is -1.43. The third-order valence-electron chi connectivity index (χ3n) is 9.82. The van der Waals surface area contributed by atoms with E-state index in [0.29, 0.717) is 44.3 Å². The lowest BCUT2D eigenvalue weighted by Gasteiger charge is -2.24.